The second-order valence-electron chi connectivity index (χ2n) is 5.17. The van der Waals surface area contributed by atoms with Crippen molar-refractivity contribution in [3.8, 4) is 0 Å². The van der Waals surface area contributed by atoms with Gasteiger partial charge in [0.2, 0.25) is 5.91 Å². The number of aromatic nitrogens is 2. The molecule has 1 atom stereocenters. The molecule has 0 radical (unpaired) electrons. The van der Waals surface area contributed by atoms with Crippen molar-refractivity contribution in [2.24, 2.45) is 5.92 Å². The van der Waals surface area contributed by atoms with Crippen LogP contribution in [-0.2, 0) is 11.3 Å². The van der Waals surface area contributed by atoms with Crippen LogP contribution in [0.1, 0.15) is 31.9 Å². The lowest BCUT2D eigenvalue weighted by atomic mass is 10.0. The van der Waals surface area contributed by atoms with Crippen LogP contribution in [0.3, 0.4) is 0 Å². The Kier molecular flexibility index (Phi) is 3.93. The third-order valence-corrected chi connectivity index (χ3v) is 5.08. The van der Waals surface area contributed by atoms with Crippen molar-refractivity contribution >= 4 is 45.4 Å². The summed E-state index contributed by atoms with van der Waals surface area (Å²) in [6, 6.07) is 0. The van der Waals surface area contributed by atoms with Gasteiger partial charge in [-0.05, 0) is 12.3 Å². The maximum atomic E-state index is 12.1. The van der Waals surface area contributed by atoms with Gasteiger partial charge in [-0.15, -0.1) is 0 Å². The molecule has 4 nitrogen and oxygen atoms in total. The van der Waals surface area contributed by atoms with Crippen molar-refractivity contribution in [2.45, 2.75) is 32.7 Å². The van der Waals surface area contributed by atoms with Crippen molar-refractivity contribution in [1.82, 2.24) is 14.3 Å². The summed E-state index contributed by atoms with van der Waals surface area (Å²) in [6.45, 7) is 3.47. The van der Waals surface area contributed by atoms with E-state index in [1.807, 2.05) is 9.30 Å². The average Bonchev–Trinajstić information content (AvgIpc) is 2.97. The van der Waals surface area contributed by atoms with Gasteiger partial charge in [0, 0.05) is 19.2 Å². The summed E-state index contributed by atoms with van der Waals surface area (Å²) in [7, 11) is 0. The van der Waals surface area contributed by atoms with E-state index in [9.17, 15) is 4.79 Å². The van der Waals surface area contributed by atoms with Crippen molar-refractivity contribution in [1.29, 1.82) is 0 Å². The number of carbonyl (C=O) groups is 1. The number of halogens is 2. The average molecular weight is 332 g/mol. The van der Waals surface area contributed by atoms with E-state index < -0.39 is 0 Å². The van der Waals surface area contributed by atoms with Crippen molar-refractivity contribution in [2.75, 3.05) is 6.54 Å². The highest BCUT2D eigenvalue weighted by atomic mass is 35.5. The highest BCUT2D eigenvalue weighted by molar-refractivity contribution is 7.20. The minimum Gasteiger partial charge on any atom is -0.336 e. The fourth-order valence-corrected chi connectivity index (χ4v) is 4.08. The van der Waals surface area contributed by atoms with E-state index in [2.05, 4.69) is 11.9 Å². The van der Waals surface area contributed by atoms with E-state index in [4.69, 9.17) is 23.2 Å². The minimum atomic E-state index is 0.204. The van der Waals surface area contributed by atoms with Crippen LogP contribution < -0.4 is 0 Å². The maximum Gasteiger partial charge on any atom is 0.223 e. The standard InChI is InChI=1S/C13H15Cl2N3OS/c1-2-3-8-4-11(19)17(5-8)6-9-12(15)16-13-18(9)7-10(14)20-13/h7-8H,2-6H2,1H3. The van der Waals surface area contributed by atoms with Crippen LogP contribution in [0.2, 0.25) is 9.49 Å². The van der Waals surface area contributed by atoms with E-state index >= 15 is 0 Å². The smallest absolute Gasteiger partial charge is 0.223 e. The molecule has 7 heteroatoms. The normalized spacial score (nSPS) is 19.4. The molecule has 3 rings (SSSR count). The molecule has 0 aliphatic carbocycles. The van der Waals surface area contributed by atoms with Crippen LogP contribution in [0.4, 0.5) is 0 Å². The summed E-state index contributed by atoms with van der Waals surface area (Å²) in [4.78, 5) is 19.0. The molecule has 3 heterocycles. The predicted octanol–water partition coefficient (Wildman–Crippen LogP) is 3.85. The highest BCUT2D eigenvalue weighted by Gasteiger charge is 2.30. The Morgan fingerprint density at radius 2 is 2.30 bits per heavy atom. The van der Waals surface area contributed by atoms with Crippen LogP contribution in [0.5, 0.6) is 0 Å². The number of nitrogens with zero attached hydrogens (tertiary/aromatic N) is 3. The van der Waals surface area contributed by atoms with Gasteiger partial charge in [-0.1, -0.05) is 47.9 Å². The van der Waals surface area contributed by atoms with Crippen LogP contribution in [0, 0.1) is 5.92 Å². The molecular formula is C13H15Cl2N3OS. The van der Waals surface area contributed by atoms with Crippen molar-refractivity contribution < 1.29 is 4.79 Å². The van der Waals surface area contributed by atoms with Gasteiger partial charge in [-0.25, -0.2) is 4.98 Å². The van der Waals surface area contributed by atoms with Crippen LogP contribution >= 0.6 is 34.5 Å². The van der Waals surface area contributed by atoms with Gasteiger partial charge in [-0.3, -0.25) is 9.20 Å². The number of rotatable bonds is 4. The number of likely N-dealkylation sites (tertiary alicyclic amines) is 1. The molecule has 1 amide bonds. The summed E-state index contributed by atoms with van der Waals surface area (Å²) < 4.78 is 2.55. The zero-order chi connectivity index (χ0) is 14.3. The molecule has 0 saturated carbocycles. The van der Waals surface area contributed by atoms with Crippen molar-refractivity contribution in [3.63, 3.8) is 0 Å². The summed E-state index contributed by atoms with van der Waals surface area (Å²) in [5.41, 5.74) is 0.843. The molecule has 0 aromatic carbocycles. The Balaban J connectivity index is 1.82. The molecular weight excluding hydrogens is 317 g/mol. The number of amides is 1. The van der Waals surface area contributed by atoms with Gasteiger partial charge in [0.05, 0.1) is 12.2 Å². The minimum absolute atomic E-state index is 0.204. The molecule has 2 aromatic rings. The summed E-state index contributed by atoms with van der Waals surface area (Å²) >= 11 is 13.6. The van der Waals surface area contributed by atoms with Crippen LogP contribution in [0.15, 0.2) is 6.20 Å². The van der Waals surface area contributed by atoms with Gasteiger partial charge in [0.25, 0.3) is 0 Å². The molecule has 1 aliphatic heterocycles. The number of hydrogen-bond donors (Lipinski definition) is 0. The fourth-order valence-electron chi connectivity index (χ4n) is 2.77. The van der Waals surface area contributed by atoms with Gasteiger partial charge < -0.3 is 4.90 Å². The topological polar surface area (TPSA) is 37.6 Å². The lowest BCUT2D eigenvalue weighted by Crippen LogP contribution is -2.25. The molecule has 0 bridgehead atoms. The summed E-state index contributed by atoms with van der Waals surface area (Å²) in [5.74, 6) is 0.677. The zero-order valence-corrected chi connectivity index (χ0v) is 13.4. The van der Waals surface area contributed by atoms with Crippen LogP contribution in [-0.4, -0.2) is 26.7 Å². The molecule has 1 aliphatic rings. The van der Waals surface area contributed by atoms with E-state index in [0.717, 1.165) is 30.0 Å². The van der Waals surface area contributed by atoms with Crippen molar-refractivity contribution in [3.05, 3.63) is 21.4 Å². The van der Waals surface area contributed by atoms with E-state index in [0.29, 0.717) is 28.4 Å². The van der Waals surface area contributed by atoms with Gasteiger partial charge in [0.15, 0.2) is 10.1 Å². The maximum absolute atomic E-state index is 12.1. The first-order chi connectivity index (χ1) is 9.58. The number of hydrogen-bond acceptors (Lipinski definition) is 3. The highest BCUT2D eigenvalue weighted by Crippen LogP contribution is 2.30. The Labute approximate surface area is 131 Å². The van der Waals surface area contributed by atoms with E-state index in [1.54, 1.807) is 6.20 Å². The Hall–Kier alpha value is -0.780. The largest absolute Gasteiger partial charge is 0.336 e. The zero-order valence-electron chi connectivity index (χ0n) is 11.1. The van der Waals surface area contributed by atoms with Gasteiger partial charge in [-0.2, -0.15) is 0 Å². The lowest BCUT2D eigenvalue weighted by Gasteiger charge is -2.16. The third-order valence-electron chi connectivity index (χ3n) is 3.68. The molecule has 108 valence electrons. The summed E-state index contributed by atoms with van der Waals surface area (Å²) in [6.07, 6.45) is 4.67. The quantitative estimate of drug-likeness (QED) is 0.853. The van der Waals surface area contributed by atoms with Gasteiger partial charge in [0.1, 0.15) is 4.34 Å². The molecule has 0 N–H and O–H groups in total. The molecule has 1 unspecified atom stereocenters. The first kappa shape index (κ1) is 14.2. The predicted molar refractivity (Wildman–Crippen MR) is 81.5 cm³/mol. The first-order valence-electron chi connectivity index (χ1n) is 6.68. The number of thiazole rings is 1. The Morgan fingerprint density at radius 3 is 3.05 bits per heavy atom. The lowest BCUT2D eigenvalue weighted by molar-refractivity contribution is -0.128. The number of fused-ring (bicyclic) bond motifs is 1. The van der Waals surface area contributed by atoms with E-state index in [-0.39, 0.29) is 5.91 Å². The monoisotopic (exact) mass is 331 g/mol. The Bertz CT molecular complexity index is 651. The first-order valence-corrected chi connectivity index (χ1v) is 8.25. The van der Waals surface area contributed by atoms with Crippen LogP contribution in [0.25, 0.3) is 4.96 Å². The summed E-state index contributed by atoms with van der Waals surface area (Å²) in [5, 5.41) is 0.458. The SMILES string of the molecule is CCCC1CC(=O)N(Cc2c(Cl)nc3sc(Cl)cn23)C1. The second-order valence-corrected chi connectivity index (χ2v) is 7.17. The third kappa shape index (κ3) is 2.54. The molecule has 0 spiro atoms. The molecule has 2 aromatic heterocycles. The second kappa shape index (κ2) is 5.54. The Morgan fingerprint density at radius 1 is 1.50 bits per heavy atom. The molecule has 20 heavy (non-hydrogen) atoms. The fraction of sp³-hybridized carbons (Fsp3) is 0.538. The van der Waals surface area contributed by atoms with E-state index in [1.165, 1.54) is 11.3 Å². The molecule has 1 saturated heterocycles. The number of imidazole rings is 1. The van der Waals surface area contributed by atoms with Gasteiger partial charge >= 0.3 is 0 Å². The number of carbonyl (C=O) groups excluding carboxylic acids is 1. The molecule has 1 fully saturated rings.